The highest BCUT2D eigenvalue weighted by molar-refractivity contribution is 6.32. The fourth-order valence-electron chi connectivity index (χ4n) is 2.60. The van der Waals surface area contributed by atoms with Gasteiger partial charge in [0.25, 0.3) is 5.91 Å². The molecule has 1 saturated heterocycles. The predicted octanol–water partition coefficient (Wildman–Crippen LogP) is 2.56. The summed E-state index contributed by atoms with van der Waals surface area (Å²) in [5, 5.41) is 19.2. The molecule has 1 aromatic carbocycles. The van der Waals surface area contributed by atoms with Gasteiger partial charge in [0.15, 0.2) is 11.6 Å². The average molecular weight is 302 g/mol. The zero-order chi connectivity index (χ0) is 15.1. The van der Waals surface area contributed by atoms with Crippen molar-refractivity contribution >= 4 is 17.5 Å². The Balaban J connectivity index is 2.32. The normalized spacial score (nSPS) is 19.4. The van der Waals surface area contributed by atoms with Gasteiger partial charge in [-0.05, 0) is 38.8 Å². The minimum absolute atomic E-state index is 0.0708. The number of carbonyl (C=O) groups excluding carboxylic acids is 1. The summed E-state index contributed by atoms with van der Waals surface area (Å²) in [6.07, 6.45) is 1.48. The molecule has 6 heteroatoms. The molecule has 1 aliphatic heterocycles. The minimum atomic E-state index is -1.02. The molecular weight excluding hydrogens is 285 g/mol. The SMILES string of the molecule is CC(C)(O)C1CCCN1C(=O)c1cc(F)c(O)c(Cl)c1. The van der Waals surface area contributed by atoms with Crippen molar-refractivity contribution in [2.45, 2.75) is 38.3 Å². The summed E-state index contributed by atoms with van der Waals surface area (Å²) in [4.78, 5) is 14.0. The number of phenols is 1. The van der Waals surface area contributed by atoms with Gasteiger partial charge < -0.3 is 15.1 Å². The summed E-state index contributed by atoms with van der Waals surface area (Å²) in [5.41, 5.74) is -0.952. The van der Waals surface area contributed by atoms with Crippen molar-refractivity contribution in [1.82, 2.24) is 4.90 Å². The first kappa shape index (κ1) is 15.1. The molecule has 2 N–H and O–H groups in total. The molecule has 1 atom stereocenters. The second kappa shape index (κ2) is 5.22. The van der Waals surface area contributed by atoms with Crippen LogP contribution in [0.3, 0.4) is 0 Å². The first-order chi connectivity index (χ1) is 9.21. The number of hydrogen-bond acceptors (Lipinski definition) is 3. The summed E-state index contributed by atoms with van der Waals surface area (Å²) in [5.74, 6) is -1.99. The van der Waals surface area contributed by atoms with Crippen molar-refractivity contribution in [3.63, 3.8) is 0 Å². The lowest BCUT2D eigenvalue weighted by atomic mass is 9.96. The molecule has 110 valence electrons. The maximum absolute atomic E-state index is 13.5. The third-order valence-electron chi connectivity index (χ3n) is 3.59. The smallest absolute Gasteiger partial charge is 0.254 e. The van der Waals surface area contributed by atoms with E-state index in [4.69, 9.17) is 11.6 Å². The van der Waals surface area contributed by atoms with Crippen molar-refractivity contribution in [2.24, 2.45) is 0 Å². The van der Waals surface area contributed by atoms with Crippen molar-refractivity contribution < 1.29 is 19.4 Å². The molecule has 2 rings (SSSR count). The van der Waals surface area contributed by atoms with Crippen LogP contribution in [0.15, 0.2) is 12.1 Å². The second-order valence-electron chi connectivity index (χ2n) is 5.60. The Morgan fingerprint density at radius 1 is 1.50 bits per heavy atom. The Labute approximate surface area is 121 Å². The summed E-state index contributed by atoms with van der Waals surface area (Å²) < 4.78 is 13.5. The van der Waals surface area contributed by atoms with Crippen molar-refractivity contribution in [3.05, 3.63) is 28.5 Å². The van der Waals surface area contributed by atoms with E-state index in [1.165, 1.54) is 11.0 Å². The molecule has 0 saturated carbocycles. The van der Waals surface area contributed by atoms with Gasteiger partial charge in [-0.15, -0.1) is 0 Å². The Hall–Kier alpha value is -1.33. The van der Waals surface area contributed by atoms with Crippen LogP contribution in [0.5, 0.6) is 5.75 Å². The van der Waals surface area contributed by atoms with Gasteiger partial charge in [-0.3, -0.25) is 4.79 Å². The summed E-state index contributed by atoms with van der Waals surface area (Å²) in [6.45, 7) is 3.80. The highest BCUT2D eigenvalue weighted by Gasteiger charge is 2.38. The zero-order valence-electron chi connectivity index (χ0n) is 11.4. The number of aromatic hydroxyl groups is 1. The molecule has 20 heavy (non-hydrogen) atoms. The quantitative estimate of drug-likeness (QED) is 0.882. The topological polar surface area (TPSA) is 60.8 Å². The number of aliphatic hydroxyl groups is 1. The molecular formula is C14H17ClFNO3. The molecule has 0 radical (unpaired) electrons. The van der Waals surface area contributed by atoms with Gasteiger partial charge in [0.1, 0.15) is 0 Å². The largest absolute Gasteiger partial charge is 0.504 e. The van der Waals surface area contributed by atoms with E-state index >= 15 is 0 Å². The van der Waals surface area contributed by atoms with Gasteiger partial charge in [0.05, 0.1) is 16.7 Å². The molecule has 0 aromatic heterocycles. The fraction of sp³-hybridized carbons (Fsp3) is 0.500. The number of rotatable bonds is 2. The molecule has 1 aromatic rings. The maximum Gasteiger partial charge on any atom is 0.254 e. The molecule has 1 amide bonds. The fourth-order valence-corrected chi connectivity index (χ4v) is 2.81. The molecule has 0 bridgehead atoms. The number of amides is 1. The van der Waals surface area contributed by atoms with Crippen molar-refractivity contribution in [2.75, 3.05) is 6.54 Å². The van der Waals surface area contributed by atoms with Crippen LogP contribution in [0, 0.1) is 5.82 Å². The van der Waals surface area contributed by atoms with Crippen LogP contribution in [0.1, 0.15) is 37.0 Å². The zero-order valence-corrected chi connectivity index (χ0v) is 12.1. The van der Waals surface area contributed by atoms with Crippen LogP contribution in [0.25, 0.3) is 0 Å². The van der Waals surface area contributed by atoms with Gasteiger partial charge in [-0.2, -0.15) is 0 Å². The lowest BCUT2D eigenvalue weighted by molar-refractivity contribution is 0.000321. The molecule has 1 heterocycles. The van der Waals surface area contributed by atoms with Gasteiger partial charge in [0.2, 0.25) is 0 Å². The van der Waals surface area contributed by atoms with E-state index in [-0.39, 0.29) is 16.6 Å². The van der Waals surface area contributed by atoms with E-state index in [1.54, 1.807) is 13.8 Å². The molecule has 1 aliphatic rings. The van der Waals surface area contributed by atoms with Crippen LogP contribution in [0.2, 0.25) is 5.02 Å². The first-order valence-corrected chi connectivity index (χ1v) is 6.81. The summed E-state index contributed by atoms with van der Waals surface area (Å²) in [6, 6.07) is 1.89. The summed E-state index contributed by atoms with van der Waals surface area (Å²) >= 11 is 5.69. The number of phenolic OH excluding ortho intramolecular Hbond substituents is 1. The van der Waals surface area contributed by atoms with Crippen LogP contribution in [0.4, 0.5) is 4.39 Å². The van der Waals surface area contributed by atoms with Crippen molar-refractivity contribution in [3.8, 4) is 5.75 Å². The molecule has 0 aliphatic carbocycles. The number of likely N-dealkylation sites (tertiary alicyclic amines) is 1. The molecule has 4 nitrogen and oxygen atoms in total. The third-order valence-corrected chi connectivity index (χ3v) is 3.88. The van der Waals surface area contributed by atoms with Gasteiger partial charge in [-0.1, -0.05) is 11.6 Å². The second-order valence-corrected chi connectivity index (χ2v) is 6.01. The highest BCUT2D eigenvalue weighted by atomic mass is 35.5. The van der Waals surface area contributed by atoms with Crippen LogP contribution in [-0.4, -0.2) is 39.2 Å². The van der Waals surface area contributed by atoms with E-state index in [2.05, 4.69) is 0 Å². The predicted molar refractivity (Wildman–Crippen MR) is 73.4 cm³/mol. The van der Waals surface area contributed by atoms with E-state index < -0.39 is 23.1 Å². The third kappa shape index (κ3) is 2.74. The first-order valence-electron chi connectivity index (χ1n) is 6.43. The maximum atomic E-state index is 13.5. The van der Waals surface area contributed by atoms with Gasteiger partial charge in [-0.25, -0.2) is 4.39 Å². The van der Waals surface area contributed by atoms with Crippen molar-refractivity contribution in [1.29, 1.82) is 0 Å². The van der Waals surface area contributed by atoms with Crippen LogP contribution in [-0.2, 0) is 0 Å². The van der Waals surface area contributed by atoms with Crippen LogP contribution < -0.4 is 0 Å². The Morgan fingerprint density at radius 3 is 2.70 bits per heavy atom. The lowest BCUT2D eigenvalue weighted by Gasteiger charge is -2.33. The van der Waals surface area contributed by atoms with E-state index in [1.807, 2.05) is 0 Å². The van der Waals surface area contributed by atoms with E-state index in [0.717, 1.165) is 12.5 Å². The average Bonchev–Trinajstić information content (AvgIpc) is 2.83. The Bertz CT molecular complexity index is 519. The summed E-state index contributed by atoms with van der Waals surface area (Å²) in [7, 11) is 0. The number of nitrogens with zero attached hydrogens (tertiary/aromatic N) is 1. The molecule has 1 unspecified atom stereocenters. The highest BCUT2D eigenvalue weighted by Crippen LogP contribution is 2.31. The van der Waals surface area contributed by atoms with E-state index in [0.29, 0.717) is 13.0 Å². The van der Waals surface area contributed by atoms with E-state index in [9.17, 15) is 19.4 Å². The number of halogens is 2. The molecule has 1 fully saturated rings. The van der Waals surface area contributed by atoms with Gasteiger partial charge in [0, 0.05) is 12.1 Å². The van der Waals surface area contributed by atoms with Crippen LogP contribution >= 0.6 is 11.6 Å². The lowest BCUT2D eigenvalue weighted by Crippen LogP contribution is -2.48. The Morgan fingerprint density at radius 2 is 2.15 bits per heavy atom. The standard InChI is InChI=1S/C14H17ClFNO3/c1-14(2,20)11-4-3-5-17(11)13(19)8-6-9(15)12(18)10(16)7-8/h6-7,11,18,20H,3-5H2,1-2H3. The number of carbonyl (C=O) groups is 1. The monoisotopic (exact) mass is 301 g/mol. The molecule has 0 spiro atoms. The number of benzene rings is 1. The number of hydrogen-bond donors (Lipinski definition) is 2. The minimum Gasteiger partial charge on any atom is -0.504 e. The Kier molecular flexibility index (Phi) is 3.93. The van der Waals surface area contributed by atoms with Gasteiger partial charge >= 0.3 is 0 Å².